The second-order valence-corrected chi connectivity index (χ2v) is 8.46. The van der Waals surface area contributed by atoms with E-state index in [2.05, 4.69) is 45.5 Å². The molecule has 0 saturated carbocycles. The SMILES string of the molecule is Cc1nc(C)c(CNC(=O)[C@@H]2C[C@H](c3ccccc3)N3CCC[C@@H]23)s1. The molecule has 0 spiro atoms. The van der Waals surface area contributed by atoms with Crippen molar-refractivity contribution in [1.29, 1.82) is 0 Å². The van der Waals surface area contributed by atoms with Gasteiger partial charge in [0.2, 0.25) is 5.91 Å². The van der Waals surface area contributed by atoms with Gasteiger partial charge in [-0.2, -0.15) is 0 Å². The Hall–Kier alpha value is -1.72. The summed E-state index contributed by atoms with van der Waals surface area (Å²) in [6, 6.07) is 11.4. The highest BCUT2D eigenvalue weighted by molar-refractivity contribution is 7.11. The second-order valence-electron chi connectivity index (χ2n) is 7.18. The van der Waals surface area contributed by atoms with Gasteiger partial charge in [0.1, 0.15) is 0 Å². The summed E-state index contributed by atoms with van der Waals surface area (Å²) in [5.74, 6) is 0.308. The van der Waals surface area contributed by atoms with Crippen LogP contribution in [-0.2, 0) is 11.3 Å². The molecule has 1 N–H and O–H groups in total. The molecule has 1 aromatic heterocycles. The Morgan fingerprint density at radius 3 is 2.84 bits per heavy atom. The van der Waals surface area contributed by atoms with Gasteiger partial charge in [0, 0.05) is 17.0 Å². The molecule has 2 aromatic rings. The fourth-order valence-electron chi connectivity index (χ4n) is 4.49. The van der Waals surface area contributed by atoms with Gasteiger partial charge in [-0.05, 0) is 45.2 Å². The van der Waals surface area contributed by atoms with Crippen LogP contribution in [0.25, 0.3) is 0 Å². The van der Waals surface area contributed by atoms with E-state index in [1.807, 2.05) is 13.8 Å². The normalized spacial score (nSPS) is 25.9. The molecule has 4 nitrogen and oxygen atoms in total. The van der Waals surface area contributed by atoms with E-state index in [9.17, 15) is 4.79 Å². The number of nitrogens with zero attached hydrogens (tertiary/aromatic N) is 2. The lowest BCUT2D eigenvalue weighted by Crippen LogP contribution is -2.37. The van der Waals surface area contributed by atoms with Crippen LogP contribution in [0.4, 0.5) is 0 Å². The fraction of sp³-hybridized carbons (Fsp3) is 0.500. The van der Waals surface area contributed by atoms with Crippen molar-refractivity contribution in [3.8, 4) is 0 Å². The molecule has 0 radical (unpaired) electrons. The number of aryl methyl sites for hydroxylation is 2. The maximum Gasteiger partial charge on any atom is 0.225 e. The summed E-state index contributed by atoms with van der Waals surface area (Å²) in [6.45, 7) is 5.75. The van der Waals surface area contributed by atoms with Crippen molar-refractivity contribution in [2.24, 2.45) is 5.92 Å². The van der Waals surface area contributed by atoms with Crippen LogP contribution in [0.3, 0.4) is 0 Å². The van der Waals surface area contributed by atoms with Gasteiger partial charge in [-0.25, -0.2) is 4.98 Å². The molecule has 2 saturated heterocycles. The van der Waals surface area contributed by atoms with Crippen molar-refractivity contribution in [1.82, 2.24) is 15.2 Å². The number of thiazole rings is 1. The summed E-state index contributed by atoms with van der Waals surface area (Å²) in [6.07, 6.45) is 3.27. The Kier molecular flexibility index (Phi) is 4.61. The molecule has 1 aromatic carbocycles. The molecule has 5 heteroatoms. The van der Waals surface area contributed by atoms with Gasteiger partial charge in [0.15, 0.2) is 0 Å². The van der Waals surface area contributed by atoms with E-state index in [0.717, 1.165) is 30.1 Å². The van der Waals surface area contributed by atoms with Crippen LogP contribution in [-0.4, -0.2) is 28.4 Å². The average Bonchev–Trinajstić information content (AvgIpc) is 3.28. The van der Waals surface area contributed by atoms with Gasteiger partial charge in [-0.1, -0.05) is 30.3 Å². The lowest BCUT2D eigenvalue weighted by atomic mass is 9.93. The van der Waals surface area contributed by atoms with E-state index in [4.69, 9.17) is 0 Å². The minimum atomic E-state index is 0.0991. The van der Waals surface area contributed by atoms with E-state index in [1.54, 1.807) is 11.3 Å². The molecular formula is C20H25N3OS. The number of aromatic nitrogens is 1. The standard InChI is InChI=1S/C20H25N3OS/c1-13-19(25-14(2)22-13)12-21-20(24)16-11-18(15-7-4-3-5-8-15)23-10-6-9-17(16)23/h3-5,7-8,16-18H,6,9-12H2,1-2H3,(H,21,24)/t16-,17+,18-/m1/s1. The molecule has 132 valence electrons. The lowest BCUT2D eigenvalue weighted by Gasteiger charge is -2.24. The van der Waals surface area contributed by atoms with E-state index in [0.29, 0.717) is 18.6 Å². The first kappa shape index (κ1) is 16.7. The van der Waals surface area contributed by atoms with Crippen LogP contribution in [0.2, 0.25) is 0 Å². The molecule has 2 aliphatic heterocycles. The quantitative estimate of drug-likeness (QED) is 0.911. The minimum absolute atomic E-state index is 0.0991. The van der Waals surface area contributed by atoms with E-state index < -0.39 is 0 Å². The van der Waals surface area contributed by atoms with Gasteiger partial charge >= 0.3 is 0 Å². The highest BCUT2D eigenvalue weighted by Crippen LogP contribution is 2.44. The molecule has 1 amide bonds. The Bertz CT molecular complexity index is 758. The van der Waals surface area contributed by atoms with Crippen molar-refractivity contribution in [3.63, 3.8) is 0 Å². The number of carbonyl (C=O) groups is 1. The first-order valence-corrected chi connectivity index (χ1v) is 9.96. The largest absolute Gasteiger partial charge is 0.351 e. The smallest absolute Gasteiger partial charge is 0.225 e. The molecule has 0 unspecified atom stereocenters. The van der Waals surface area contributed by atoms with Gasteiger partial charge in [-0.3, -0.25) is 9.69 Å². The van der Waals surface area contributed by atoms with E-state index in [-0.39, 0.29) is 11.8 Å². The van der Waals surface area contributed by atoms with Gasteiger partial charge < -0.3 is 5.32 Å². The Morgan fingerprint density at radius 1 is 1.32 bits per heavy atom. The molecule has 2 fully saturated rings. The first-order chi connectivity index (χ1) is 12.1. The number of benzene rings is 1. The number of fused-ring (bicyclic) bond motifs is 1. The monoisotopic (exact) mass is 355 g/mol. The maximum absolute atomic E-state index is 12.9. The van der Waals surface area contributed by atoms with Gasteiger partial charge in [-0.15, -0.1) is 11.3 Å². The first-order valence-electron chi connectivity index (χ1n) is 9.15. The lowest BCUT2D eigenvalue weighted by molar-refractivity contribution is -0.125. The zero-order valence-electron chi connectivity index (χ0n) is 14.9. The van der Waals surface area contributed by atoms with Crippen molar-refractivity contribution in [3.05, 3.63) is 51.5 Å². The second kappa shape index (κ2) is 6.89. The van der Waals surface area contributed by atoms with Crippen molar-refractivity contribution in [2.45, 2.75) is 51.7 Å². The number of carbonyl (C=O) groups excluding carboxylic acids is 1. The third-order valence-corrected chi connectivity index (χ3v) is 6.70. The third-order valence-electron chi connectivity index (χ3n) is 5.63. The molecular weight excluding hydrogens is 330 g/mol. The van der Waals surface area contributed by atoms with Crippen LogP contribution in [0.1, 0.15) is 46.4 Å². The molecule has 4 rings (SSSR count). The van der Waals surface area contributed by atoms with Crippen molar-refractivity contribution in [2.75, 3.05) is 6.54 Å². The zero-order valence-corrected chi connectivity index (χ0v) is 15.7. The van der Waals surface area contributed by atoms with Gasteiger partial charge in [0.25, 0.3) is 0 Å². The zero-order chi connectivity index (χ0) is 17.4. The number of amides is 1. The van der Waals surface area contributed by atoms with Crippen LogP contribution in [0.15, 0.2) is 30.3 Å². The van der Waals surface area contributed by atoms with Crippen LogP contribution in [0, 0.1) is 19.8 Å². The van der Waals surface area contributed by atoms with Crippen molar-refractivity contribution >= 4 is 17.2 Å². The predicted octanol–water partition coefficient (Wildman–Crippen LogP) is 3.60. The van der Waals surface area contributed by atoms with Gasteiger partial charge in [0.05, 0.1) is 23.2 Å². The van der Waals surface area contributed by atoms with E-state index >= 15 is 0 Å². The highest BCUT2D eigenvalue weighted by Gasteiger charge is 2.46. The Labute approximate surface area is 153 Å². The predicted molar refractivity (Wildman–Crippen MR) is 100 cm³/mol. The summed E-state index contributed by atoms with van der Waals surface area (Å²) < 4.78 is 0. The van der Waals surface area contributed by atoms with Crippen LogP contribution >= 0.6 is 11.3 Å². The summed E-state index contributed by atoms with van der Waals surface area (Å²) in [7, 11) is 0. The molecule has 0 bridgehead atoms. The molecule has 3 heterocycles. The third kappa shape index (κ3) is 3.23. The van der Waals surface area contributed by atoms with E-state index in [1.165, 1.54) is 16.9 Å². The summed E-state index contributed by atoms with van der Waals surface area (Å²) in [5, 5.41) is 4.25. The summed E-state index contributed by atoms with van der Waals surface area (Å²) in [5.41, 5.74) is 2.39. The highest BCUT2D eigenvalue weighted by atomic mass is 32.1. The van der Waals surface area contributed by atoms with Crippen LogP contribution in [0.5, 0.6) is 0 Å². The Morgan fingerprint density at radius 2 is 2.12 bits per heavy atom. The fourth-order valence-corrected chi connectivity index (χ4v) is 5.36. The van der Waals surface area contributed by atoms with Crippen molar-refractivity contribution < 1.29 is 4.79 Å². The van der Waals surface area contributed by atoms with Crippen LogP contribution < -0.4 is 5.32 Å². The molecule has 2 aliphatic rings. The minimum Gasteiger partial charge on any atom is -0.351 e. The summed E-state index contributed by atoms with van der Waals surface area (Å²) in [4.78, 5) is 21.1. The number of hydrogen-bond acceptors (Lipinski definition) is 4. The molecule has 0 aliphatic carbocycles. The molecule has 3 atom stereocenters. The summed E-state index contributed by atoms with van der Waals surface area (Å²) >= 11 is 1.68. The molecule has 25 heavy (non-hydrogen) atoms. The number of nitrogens with one attached hydrogen (secondary N) is 1. The topological polar surface area (TPSA) is 45.2 Å². The average molecular weight is 356 g/mol. The Balaban J connectivity index is 1.46. The number of rotatable bonds is 4. The number of hydrogen-bond donors (Lipinski definition) is 1. The maximum atomic E-state index is 12.9.